The Hall–Kier alpha value is -3.48. The summed E-state index contributed by atoms with van der Waals surface area (Å²) in [6.07, 6.45) is 3.00. The van der Waals surface area contributed by atoms with E-state index in [2.05, 4.69) is 10.6 Å². The second-order valence-electron chi connectivity index (χ2n) is 5.51. The highest BCUT2D eigenvalue weighted by molar-refractivity contribution is 6.02. The predicted octanol–water partition coefficient (Wildman–Crippen LogP) is 3.32. The summed E-state index contributed by atoms with van der Waals surface area (Å²) in [6, 6.07) is 10.4. The molecule has 2 N–H and O–H groups in total. The highest BCUT2D eigenvalue weighted by Gasteiger charge is 2.14. The van der Waals surface area contributed by atoms with Crippen LogP contribution in [-0.4, -0.2) is 33.1 Å². The number of hydrogen-bond acceptors (Lipinski definition) is 5. The number of anilines is 2. The predicted molar refractivity (Wildman–Crippen MR) is 105 cm³/mol. The second kappa shape index (κ2) is 9.28. The number of carbonyl (C=O) groups excluding carboxylic acids is 2. The maximum absolute atomic E-state index is 12.2. The van der Waals surface area contributed by atoms with E-state index in [9.17, 15) is 9.59 Å². The number of hydrogen-bond donors (Lipinski definition) is 2. The van der Waals surface area contributed by atoms with Gasteiger partial charge in [-0.15, -0.1) is 0 Å². The quantitative estimate of drug-likeness (QED) is 0.730. The first-order chi connectivity index (χ1) is 13.0. The minimum atomic E-state index is -0.327. The summed E-state index contributed by atoms with van der Waals surface area (Å²) < 4.78 is 16.0. The van der Waals surface area contributed by atoms with Gasteiger partial charge in [-0.05, 0) is 36.4 Å². The molecular formula is C20H22N2O5. The molecule has 142 valence electrons. The fourth-order valence-corrected chi connectivity index (χ4v) is 2.48. The van der Waals surface area contributed by atoms with Gasteiger partial charge >= 0.3 is 0 Å². The van der Waals surface area contributed by atoms with Crippen LogP contribution in [0.2, 0.25) is 0 Å². The summed E-state index contributed by atoms with van der Waals surface area (Å²) in [5, 5.41) is 5.40. The zero-order valence-corrected chi connectivity index (χ0v) is 15.7. The Bertz CT molecular complexity index is 861. The monoisotopic (exact) mass is 370 g/mol. The lowest BCUT2D eigenvalue weighted by Gasteiger charge is -2.14. The van der Waals surface area contributed by atoms with Crippen LogP contribution in [-0.2, 0) is 9.59 Å². The average molecular weight is 370 g/mol. The molecule has 0 heterocycles. The molecule has 2 amide bonds. The maximum atomic E-state index is 12.2. The second-order valence-corrected chi connectivity index (χ2v) is 5.51. The Kier molecular flexibility index (Phi) is 6.82. The summed E-state index contributed by atoms with van der Waals surface area (Å²) in [5.41, 5.74) is 1.83. The molecule has 7 nitrogen and oxygen atoms in total. The van der Waals surface area contributed by atoms with E-state index in [4.69, 9.17) is 14.2 Å². The number of nitrogens with one attached hydrogen (secondary N) is 2. The van der Waals surface area contributed by atoms with Crippen LogP contribution in [0.25, 0.3) is 6.08 Å². The van der Waals surface area contributed by atoms with Crippen molar-refractivity contribution in [2.45, 2.75) is 6.92 Å². The lowest BCUT2D eigenvalue weighted by atomic mass is 10.1. The largest absolute Gasteiger partial charge is 0.493 e. The summed E-state index contributed by atoms with van der Waals surface area (Å²) >= 11 is 0. The van der Waals surface area contributed by atoms with Crippen LogP contribution in [0.3, 0.4) is 0 Å². The first-order valence-electron chi connectivity index (χ1n) is 8.14. The molecule has 0 saturated carbocycles. The SMILES string of the molecule is COc1ccc(/C=C/C(=O)Nc2cccc(NC(C)=O)c2)c(OC)c1OC. The van der Waals surface area contributed by atoms with Crippen molar-refractivity contribution in [2.24, 2.45) is 0 Å². The summed E-state index contributed by atoms with van der Waals surface area (Å²) in [7, 11) is 4.57. The molecule has 0 fully saturated rings. The Morgan fingerprint density at radius 1 is 0.889 bits per heavy atom. The van der Waals surface area contributed by atoms with Gasteiger partial charge in [0, 0.05) is 29.9 Å². The highest BCUT2D eigenvalue weighted by atomic mass is 16.5. The number of rotatable bonds is 7. The molecule has 0 aromatic heterocycles. The van der Waals surface area contributed by atoms with E-state index in [-0.39, 0.29) is 11.8 Å². The van der Waals surface area contributed by atoms with Crippen molar-refractivity contribution in [3.63, 3.8) is 0 Å². The average Bonchev–Trinajstić information content (AvgIpc) is 2.65. The third kappa shape index (κ3) is 5.24. The van der Waals surface area contributed by atoms with Crippen LogP contribution in [0.4, 0.5) is 11.4 Å². The molecule has 0 unspecified atom stereocenters. The Morgan fingerprint density at radius 3 is 2.15 bits per heavy atom. The van der Waals surface area contributed by atoms with Gasteiger partial charge in [-0.1, -0.05) is 6.07 Å². The zero-order valence-electron chi connectivity index (χ0n) is 15.7. The lowest BCUT2D eigenvalue weighted by Crippen LogP contribution is -2.09. The van der Waals surface area contributed by atoms with E-state index >= 15 is 0 Å². The van der Waals surface area contributed by atoms with Crippen LogP contribution in [0.1, 0.15) is 12.5 Å². The zero-order chi connectivity index (χ0) is 19.8. The summed E-state index contributed by atoms with van der Waals surface area (Å²) in [6.45, 7) is 1.42. The van der Waals surface area contributed by atoms with Gasteiger partial charge in [-0.3, -0.25) is 9.59 Å². The molecule has 0 aliphatic carbocycles. The normalized spacial score (nSPS) is 10.4. The molecule has 0 atom stereocenters. The number of benzene rings is 2. The van der Waals surface area contributed by atoms with Gasteiger partial charge < -0.3 is 24.8 Å². The number of carbonyl (C=O) groups is 2. The van der Waals surface area contributed by atoms with Gasteiger partial charge in [0.1, 0.15) is 0 Å². The van der Waals surface area contributed by atoms with Crippen molar-refractivity contribution in [1.29, 1.82) is 0 Å². The molecular weight excluding hydrogens is 348 g/mol. The summed E-state index contributed by atoms with van der Waals surface area (Å²) in [5.74, 6) is 0.940. The van der Waals surface area contributed by atoms with Crippen molar-refractivity contribution >= 4 is 29.3 Å². The molecule has 0 radical (unpaired) electrons. The van der Waals surface area contributed by atoms with Gasteiger partial charge in [-0.25, -0.2) is 0 Å². The molecule has 7 heteroatoms. The van der Waals surface area contributed by atoms with E-state index in [0.29, 0.717) is 34.2 Å². The summed E-state index contributed by atoms with van der Waals surface area (Å²) in [4.78, 5) is 23.3. The molecule has 27 heavy (non-hydrogen) atoms. The first kappa shape index (κ1) is 19.8. The number of methoxy groups -OCH3 is 3. The molecule has 0 aliphatic rings. The molecule has 0 aliphatic heterocycles. The molecule has 0 spiro atoms. The van der Waals surface area contributed by atoms with Crippen LogP contribution in [0.15, 0.2) is 42.5 Å². The fraction of sp³-hybridized carbons (Fsp3) is 0.200. The maximum Gasteiger partial charge on any atom is 0.248 e. The topological polar surface area (TPSA) is 85.9 Å². The van der Waals surface area contributed by atoms with Crippen molar-refractivity contribution in [1.82, 2.24) is 0 Å². The lowest BCUT2D eigenvalue weighted by molar-refractivity contribution is -0.114. The van der Waals surface area contributed by atoms with E-state index in [1.807, 2.05) is 0 Å². The Labute approximate surface area is 157 Å². The molecule has 2 aromatic rings. The molecule has 2 rings (SSSR count). The standard InChI is InChI=1S/C20H22N2O5/c1-13(23)21-15-6-5-7-16(12-15)22-18(24)11-9-14-8-10-17(25-2)20(27-4)19(14)26-3/h5-12H,1-4H3,(H,21,23)(H,22,24)/b11-9+. The van der Waals surface area contributed by atoms with E-state index < -0.39 is 0 Å². The minimum absolute atomic E-state index is 0.182. The third-order valence-electron chi connectivity index (χ3n) is 3.60. The van der Waals surface area contributed by atoms with Crippen molar-refractivity contribution in [3.8, 4) is 17.2 Å². The van der Waals surface area contributed by atoms with Crippen molar-refractivity contribution in [3.05, 3.63) is 48.0 Å². The van der Waals surface area contributed by atoms with Gasteiger partial charge in [-0.2, -0.15) is 0 Å². The van der Waals surface area contributed by atoms with E-state index in [0.717, 1.165) is 0 Å². The van der Waals surface area contributed by atoms with Crippen LogP contribution in [0, 0.1) is 0 Å². The van der Waals surface area contributed by atoms with Crippen LogP contribution < -0.4 is 24.8 Å². The Morgan fingerprint density at radius 2 is 1.56 bits per heavy atom. The highest BCUT2D eigenvalue weighted by Crippen LogP contribution is 2.40. The van der Waals surface area contributed by atoms with Crippen LogP contribution in [0.5, 0.6) is 17.2 Å². The van der Waals surface area contributed by atoms with Gasteiger partial charge in [0.25, 0.3) is 0 Å². The Balaban J connectivity index is 2.16. The third-order valence-corrected chi connectivity index (χ3v) is 3.60. The minimum Gasteiger partial charge on any atom is -0.493 e. The number of amides is 2. The van der Waals surface area contributed by atoms with Crippen LogP contribution >= 0.6 is 0 Å². The fourth-order valence-electron chi connectivity index (χ4n) is 2.48. The molecule has 0 saturated heterocycles. The smallest absolute Gasteiger partial charge is 0.248 e. The molecule has 2 aromatic carbocycles. The first-order valence-corrected chi connectivity index (χ1v) is 8.14. The van der Waals surface area contributed by atoms with E-state index in [1.165, 1.54) is 34.3 Å². The van der Waals surface area contributed by atoms with Crippen molar-refractivity contribution < 1.29 is 23.8 Å². The van der Waals surface area contributed by atoms with Gasteiger partial charge in [0.05, 0.1) is 21.3 Å². The van der Waals surface area contributed by atoms with E-state index in [1.54, 1.807) is 42.5 Å². The van der Waals surface area contributed by atoms with Gasteiger partial charge in [0.2, 0.25) is 17.6 Å². The van der Waals surface area contributed by atoms with Gasteiger partial charge in [0.15, 0.2) is 11.5 Å². The van der Waals surface area contributed by atoms with Crippen molar-refractivity contribution in [2.75, 3.05) is 32.0 Å². The molecule has 0 bridgehead atoms. The number of ether oxygens (including phenoxy) is 3.